The molecule has 0 bridgehead atoms. The van der Waals surface area contributed by atoms with Gasteiger partial charge in [0.2, 0.25) is 0 Å². The van der Waals surface area contributed by atoms with Crippen molar-refractivity contribution in [2.24, 2.45) is 5.92 Å². The predicted octanol–water partition coefficient (Wildman–Crippen LogP) is 3.38. The summed E-state index contributed by atoms with van der Waals surface area (Å²) in [6, 6.07) is 4.01. The highest BCUT2D eigenvalue weighted by molar-refractivity contribution is 5.10. The molecule has 0 aromatic carbocycles. The molecule has 1 aliphatic rings. The van der Waals surface area contributed by atoms with E-state index in [2.05, 4.69) is 5.32 Å². The van der Waals surface area contributed by atoms with Crippen LogP contribution in [0.3, 0.4) is 0 Å². The van der Waals surface area contributed by atoms with Gasteiger partial charge in [-0.3, -0.25) is 4.90 Å². The van der Waals surface area contributed by atoms with Crippen LogP contribution in [0.5, 0.6) is 0 Å². The normalized spacial score (nSPS) is 21.9. The summed E-state index contributed by atoms with van der Waals surface area (Å²) in [5.74, 6) is 2.11. The van der Waals surface area contributed by atoms with Crippen molar-refractivity contribution in [1.29, 1.82) is 0 Å². The Bertz CT molecular complexity index is 444. The molecule has 2 heterocycles. The summed E-state index contributed by atoms with van der Waals surface area (Å²) in [5, 5.41) is 3.36. The van der Waals surface area contributed by atoms with Crippen molar-refractivity contribution < 1.29 is 17.6 Å². The first-order valence-electron chi connectivity index (χ1n) is 7.48. The highest BCUT2D eigenvalue weighted by Crippen LogP contribution is 2.23. The van der Waals surface area contributed by atoms with E-state index in [1.165, 1.54) is 4.90 Å². The van der Waals surface area contributed by atoms with Crippen LogP contribution in [0.25, 0.3) is 0 Å². The number of likely N-dealkylation sites (tertiary alicyclic amines) is 1. The third kappa shape index (κ3) is 5.04. The Hall–Kier alpha value is -1.01. The summed E-state index contributed by atoms with van der Waals surface area (Å²) < 4.78 is 42.7. The molecule has 2 atom stereocenters. The minimum atomic E-state index is -4.10. The molecule has 1 aromatic rings. The predicted molar refractivity (Wildman–Crippen MR) is 75.1 cm³/mol. The van der Waals surface area contributed by atoms with Gasteiger partial charge in [-0.05, 0) is 44.5 Å². The van der Waals surface area contributed by atoms with E-state index < -0.39 is 12.7 Å². The lowest BCUT2D eigenvalue weighted by molar-refractivity contribution is -0.143. The zero-order valence-electron chi connectivity index (χ0n) is 12.5. The molecule has 1 fully saturated rings. The van der Waals surface area contributed by atoms with Gasteiger partial charge in [0.15, 0.2) is 0 Å². The van der Waals surface area contributed by atoms with Gasteiger partial charge in [0, 0.05) is 13.0 Å². The lowest BCUT2D eigenvalue weighted by atomic mass is 10.1. The molecular formula is C15H23F3N2O. The Morgan fingerprint density at radius 3 is 2.81 bits per heavy atom. The lowest BCUT2D eigenvalue weighted by Crippen LogP contribution is -2.34. The summed E-state index contributed by atoms with van der Waals surface area (Å²) in [7, 11) is 0. The van der Waals surface area contributed by atoms with Crippen LogP contribution in [-0.4, -0.2) is 37.3 Å². The van der Waals surface area contributed by atoms with E-state index in [4.69, 9.17) is 4.42 Å². The molecule has 1 aromatic heterocycles. The Balaban J connectivity index is 1.74. The minimum Gasteiger partial charge on any atom is -0.464 e. The zero-order chi connectivity index (χ0) is 15.5. The number of aryl methyl sites for hydroxylation is 1. The molecule has 2 rings (SSSR count). The van der Waals surface area contributed by atoms with Crippen LogP contribution in [0, 0.1) is 5.92 Å². The summed E-state index contributed by atoms with van der Waals surface area (Å²) in [5.41, 5.74) is 0. The molecule has 0 amide bonds. The highest BCUT2D eigenvalue weighted by atomic mass is 19.4. The van der Waals surface area contributed by atoms with Crippen molar-refractivity contribution >= 4 is 0 Å². The Morgan fingerprint density at radius 1 is 1.43 bits per heavy atom. The first-order chi connectivity index (χ1) is 9.87. The largest absolute Gasteiger partial charge is 0.464 e. The van der Waals surface area contributed by atoms with Gasteiger partial charge >= 0.3 is 6.18 Å². The van der Waals surface area contributed by atoms with Crippen LogP contribution in [0.15, 0.2) is 16.5 Å². The van der Waals surface area contributed by atoms with Crippen molar-refractivity contribution in [3.05, 3.63) is 23.7 Å². The molecule has 1 aliphatic heterocycles. The number of hydrogen-bond donors (Lipinski definition) is 1. The lowest BCUT2D eigenvalue weighted by Gasteiger charge is -2.19. The van der Waals surface area contributed by atoms with Gasteiger partial charge in [0.05, 0.1) is 12.6 Å². The van der Waals surface area contributed by atoms with E-state index in [-0.39, 0.29) is 12.0 Å². The molecule has 1 N–H and O–H groups in total. The number of nitrogens with one attached hydrogen (secondary N) is 1. The fourth-order valence-electron chi connectivity index (χ4n) is 2.74. The maximum absolute atomic E-state index is 12.3. The minimum absolute atomic E-state index is 0.0852. The summed E-state index contributed by atoms with van der Waals surface area (Å²) in [6.07, 6.45) is -2.42. The first kappa shape index (κ1) is 16.4. The number of hydrogen-bond acceptors (Lipinski definition) is 3. The number of rotatable bonds is 6. The zero-order valence-corrected chi connectivity index (χ0v) is 12.5. The Labute approximate surface area is 123 Å². The number of furan rings is 1. The van der Waals surface area contributed by atoms with Crippen LogP contribution >= 0.6 is 0 Å². The van der Waals surface area contributed by atoms with Crippen LogP contribution < -0.4 is 5.32 Å². The first-order valence-corrected chi connectivity index (χ1v) is 7.48. The van der Waals surface area contributed by atoms with Crippen LogP contribution in [0.2, 0.25) is 0 Å². The van der Waals surface area contributed by atoms with Gasteiger partial charge in [0.1, 0.15) is 11.5 Å². The maximum atomic E-state index is 12.3. The van der Waals surface area contributed by atoms with E-state index in [1.807, 2.05) is 26.0 Å². The molecule has 21 heavy (non-hydrogen) atoms. The van der Waals surface area contributed by atoms with Gasteiger partial charge in [-0.1, -0.05) is 6.92 Å². The van der Waals surface area contributed by atoms with Gasteiger partial charge in [0.25, 0.3) is 0 Å². The average molecular weight is 304 g/mol. The average Bonchev–Trinajstić information content (AvgIpc) is 3.02. The number of halogens is 3. The molecule has 0 spiro atoms. The van der Waals surface area contributed by atoms with Crippen LogP contribution in [-0.2, 0) is 6.42 Å². The van der Waals surface area contributed by atoms with Crippen molar-refractivity contribution in [3.63, 3.8) is 0 Å². The van der Waals surface area contributed by atoms with E-state index in [0.29, 0.717) is 13.1 Å². The summed E-state index contributed by atoms with van der Waals surface area (Å²) in [6.45, 7) is 5.02. The molecule has 0 radical (unpaired) electrons. The van der Waals surface area contributed by atoms with Crippen molar-refractivity contribution in [2.45, 2.75) is 38.9 Å². The fourth-order valence-corrected chi connectivity index (χ4v) is 2.74. The topological polar surface area (TPSA) is 28.4 Å². The molecule has 1 saturated heterocycles. The van der Waals surface area contributed by atoms with Gasteiger partial charge in [-0.2, -0.15) is 13.2 Å². The quantitative estimate of drug-likeness (QED) is 0.873. The molecule has 0 unspecified atom stereocenters. The van der Waals surface area contributed by atoms with Crippen molar-refractivity contribution in [3.8, 4) is 0 Å². The Morgan fingerprint density at radius 2 is 2.19 bits per heavy atom. The van der Waals surface area contributed by atoms with Crippen molar-refractivity contribution in [2.75, 3.05) is 26.2 Å². The van der Waals surface area contributed by atoms with Crippen LogP contribution in [0.1, 0.15) is 37.8 Å². The smallest absolute Gasteiger partial charge is 0.401 e. The summed E-state index contributed by atoms with van der Waals surface area (Å²) >= 11 is 0. The number of nitrogens with zero attached hydrogens (tertiary/aromatic N) is 1. The second kappa shape index (κ2) is 6.83. The Kier molecular flexibility index (Phi) is 5.32. The van der Waals surface area contributed by atoms with Gasteiger partial charge in [-0.15, -0.1) is 0 Å². The second-order valence-electron chi connectivity index (χ2n) is 5.79. The maximum Gasteiger partial charge on any atom is 0.401 e. The fraction of sp³-hybridized carbons (Fsp3) is 0.733. The molecule has 120 valence electrons. The molecule has 0 saturated carbocycles. The molecule has 6 heteroatoms. The third-order valence-corrected chi connectivity index (χ3v) is 3.94. The SMILES string of the molecule is CCc1ccc([C@@H](C)NC[C@H]2CCN(CC(F)(F)F)C2)o1. The summed E-state index contributed by atoms with van der Waals surface area (Å²) in [4.78, 5) is 1.49. The van der Waals surface area contributed by atoms with Gasteiger partial charge < -0.3 is 9.73 Å². The van der Waals surface area contributed by atoms with Crippen molar-refractivity contribution in [1.82, 2.24) is 10.2 Å². The highest BCUT2D eigenvalue weighted by Gasteiger charge is 2.34. The second-order valence-corrected chi connectivity index (χ2v) is 5.79. The number of alkyl halides is 3. The van der Waals surface area contributed by atoms with E-state index in [0.717, 1.165) is 30.9 Å². The third-order valence-electron chi connectivity index (χ3n) is 3.94. The van der Waals surface area contributed by atoms with E-state index in [9.17, 15) is 13.2 Å². The van der Waals surface area contributed by atoms with Gasteiger partial charge in [-0.25, -0.2) is 0 Å². The van der Waals surface area contributed by atoms with Crippen LogP contribution in [0.4, 0.5) is 13.2 Å². The molecule has 0 aliphatic carbocycles. The van der Waals surface area contributed by atoms with E-state index in [1.54, 1.807) is 0 Å². The van der Waals surface area contributed by atoms with E-state index >= 15 is 0 Å². The molecule has 3 nitrogen and oxygen atoms in total. The monoisotopic (exact) mass is 304 g/mol. The standard InChI is InChI=1S/C15H23F3N2O/c1-3-13-4-5-14(21-13)11(2)19-8-12-6-7-20(9-12)10-15(16,17)18/h4-5,11-12,19H,3,6-10H2,1-2H3/t11-,12-/m1/s1. The molecular weight excluding hydrogens is 281 g/mol.